The van der Waals surface area contributed by atoms with Gasteiger partial charge in [-0.15, -0.1) is 0 Å². The summed E-state index contributed by atoms with van der Waals surface area (Å²) < 4.78 is 20.5. The van der Waals surface area contributed by atoms with Crippen LogP contribution in [0.25, 0.3) is 6.08 Å². The molecule has 6 heteroatoms. The molecule has 0 radical (unpaired) electrons. The first kappa shape index (κ1) is 19.1. The topological polar surface area (TPSA) is 71.1 Å². The monoisotopic (exact) mass is 356 g/mol. The van der Waals surface area contributed by atoms with Crippen LogP contribution in [-0.4, -0.2) is 39.7 Å². The number of para-hydroxylation sites is 1. The van der Waals surface area contributed by atoms with E-state index in [1.165, 1.54) is 20.3 Å². The molecular weight excluding hydrogens is 336 g/mol. The molecule has 0 fully saturated rings. The lowest BCUT2D eigenvalue weighted by atomic mass is 10.1. The van der Waals surface area contributed by atoms with E-state index in [4.69, 9.17) is 18.9 Å². The largest absolute Gasteiger partial charge is 0.496 e. The third-order valence-corrected chi connectivity index (χ3v) is 3.59. The fourth-order valence-corrected chi connectivity index (χ4v) is 2.24. The maximum atomic E-state index is 12.2. The number of hydrogen-bond donors (Lipinski definition) is 0. The van der Waals surface area contributed by atoms with Crippen molar-refractivity contribution < 1.29 is 28.5 Å². The molecule has 0 heterocycles. The van der Waals surface area contributed by atoms with Crippen molar-refractivity contribution >= 4 is 17.8 Å². The number of Topliss-reactive ketones (excluding diaryl/α,β-unsaturated/α-hetero) is 1. The van der Waals surface area contributed by atoms with E-state index in [0.717, 1.165) is 5.56 Å². The van der Waals surface area contributed by atoms with Crippen LogP contribution in [0.3, 0.4) is 0 Å². The highest BCUT2D eigenvalue weighted by atomic mass is 16.5. The molecule has 0 amide bonds. The van der Waals surface area contributed by atoms with Gasteiger partial charge in [-0.3, -0.25) is 4.79 Å². The molecule has 0 N–H and O–H groups in total. The van der Waals surface area contributed by atoms with Crippen LogP contribution in [-0.2, 0) is 9.53 Å². The molecule has 0 spiro atoms. The van der Waals surface area contributed by atoms with Gasteiger partial charge in [0.1, 0.15) is 5.75 Å². The van der Waals surface area contributed by atoms with E-state index < -0.39 is 5.97 Å². The summed E-state index contributed by atoms with van der Waals surface area (Å²) in [5.41, 5.74) is 1.10. The Kier molecular flexibility index (Phi) is 6.79. The highest BCUT2D eigenvalue weighted by Crippen LogP contribution is 2.27. The van der Waals surface area contributed by atoms with Crippen molar-refractivity contribution in [2.75, 3.05) is 27.9 Å². The summed E-state index contributed by atoms with van der Waals surface area (Å²) in [6.45, 7) is -0.370. The number of carbonyl (C=O) groups excluding carboxylic acids is 2. The van der Waals surface area contributed by atoms with Crippen LogP contribution >= 0.6 is 0 Å². The Balaban J connectivity index is 1.96. The first-order valence-corrected chi connectivity index (χ1v) is 7.82. The molecule has 2 aromatic rings. The summed E-state index contributed by atoms with van der Waals surface area (Å²) in [6.07, 6.45) is 2.82. The van der Waals surface area contributed by atoms with Crippen molar-refractivity contribution in [1.82, 2.24) is 0 Å². The summed E-state index contributed by atoms with van der Waals surface area (Å²) >= 11 is 0. The summed E-state index contributed by atoms with van der Waals surface area (Å²) in [5.74, 6) is 0.620. The van der Waals surface area contributed by atoms with Crippen LogP contribution in [0.2, 0.25) is 0 Å². The zero-order valence-electron chi connectivity index (χ0n) is 14.9. The molecule has 0 saturated carbocycles. The minimum atomic E-state index is -0.621. The lowest BCUT2D eigenvalue weighted by molar-refractivity contribution is -0.136. The SMILES string of the molecule is COc1ccccc1/C=C/C(=O)OCC(=O)c1ccc(OC)c(OC)c1. The van der Waals surface area contributed by atoms with Gasteiger partial charge in [-0.2, -0.15) is 0 Å². The Morgan fingerprint density at radius 1 is 0.885 bits per heavy atom. The molecule has 0 aliphatic rings. The van der Waals surface area contributed by atoms with Crippen LogP contribution in [0.15, 0.2) is 48.5 Å². The zero-order valence-corrected chi connectivity index (χ0v) is 14.9. The minimum Gasteiger partial charge on any atom is -0.496 e. The molecular formula is C20H20O6. The van der Waals surface area contributed by atoms with E-state index >= 15 is 0 Å². The number of ketones is 1. The van der Waals surface area contributed by atoms with E-state index in [1.54, 1.807) is 43.5 Å². The molecule has 6 nitrogen and oxygen atoms in total. The molecule has 136 valence electrons. The summed E-state index contributed by atoms with van der Waals surface area (Å²) in [7, 11) is 4.54. The number of esters is 1. The van der Waals surface area contributed by atoms with Gasteiger partial charge in [0.2, 0.25) is 0 Å². The van der Waals surface area contributed by atoms with Gasteiger partial charge in [0, 0.05) is 17.2 Å². The van der Waals surface area contributed by atoms with Crippen molar-refractivity contribution in [3.05, 3.63) is 59.7 Å². The fraction of sp³-hybridized carbons (Fsp3) is 0.200. The highest BCUT2D eigenvalue weighted by molar-refractivity contribution is 5.99. The van der Waals surface area contributed by atoms with Gasteiger partial charge in [-0.1, -0.05) is 18.2 Å². The molecule has 0 atom stereocenters. The third kappa shape index (κ3) is 4.86. The summed E-state index contributed by atoms with van der Waals surface area (Å²) in [6, 6.07) is 12.0. The first-order chi connectivity index (χ1) is 12.6. The maximum absolute atomic E-state index is 12.2. The van der Waals surface area contributed by atoms with Crippen molar-refractivity contribution in [3.63, 3.8) is 0 Å². The van der Waals surface area contributed by atoms with Crippen LogP contribution < -0.4 is 14.2 Å². The smallest absolute Gasteiger partial charge is 0.331 e. The van der Waals surface area contributed by atoms with E-state index in [-0.39, 0.29) is 12.4 Å². The number of hydrogen-bond acceptors (Lipinski definition) is 6. The highest BCUT2D eigenvalue weighted by Gasteiger charge is 2.12. The molecule has 0 aliphatic carbocycles. The molecule has 26 heavy (non-hydrogen) atoms. The number of carbonyl (C=O) groups is 2. The van der Waals surface area contributed by atoms with E-state index in [9.17, 15) is 9.59 Å². The average molecular weight is 356 g/mol. The Morgan fingerprint density at radius 2 is 1.58 bits per heavy atom. The van der Waals surface area contributed by atoms with Gasteiger partial charge in [0.25, 0.3) is 0 Å². The van der Waals surface area contributed by atoms with E-state index in [2.05, 4.69) is 0 Å². The van der Waals surface area contributed by atoms with Crippen molar-refractivity contribution in [2.24, 2.45) is 0 Å². The molecule has 0 unspecified atom stereocenters. The molecule has 0 saturated heterocycles. The number of rotatable bonds is 8. The summed E-state index contributed by atoms with van der Waals surface area (Å²) in [5, 5.41) is 0. The molecule has 2 rings (SSSR count). The van der Waals surface area contributed by atoms with Crippen LogP contribution in [0.5, 0.6) is 17.2 Å². The van der Waals surface area contributed by atoms with Gasteiger partial charge < -0.3 is 18.9 Å². The zero-order chi connectivity index (χ0) is 18.9. The maximum Gasteiger partial charge on any atom is 0.331 e. The Labute approximate surface area is 151 Å². The Morgan fingerprint density at radius 3 is 2.27 bits per heavy atom. The lowest BCUT2D eigenvalue weighted by Gasteiger charge is -2.09. The standard InChI is InChI=1S/C20H20O6/c1-23-17-7-5-4-6-14(17)9-11-20(22)26-13-16(21)15-8-10-18(24-2)19(12-15)25-3/h4-12H,13H2,1-3H3/b11-9+. The Bertz CT molecular complexity index is 810. The quantitative estimate of drug-likeness (QED) is 0.411. The predicted molar refractivity (Wildman–Crippen MR) is 96.9 cm³/mol. The van der Waals surface area contributed by atoms with Gasteiger partial charge in [-0.25, -0.2) is 4.79 Å². The van der Waals surface area contributed by atoms with Crippen LogP contribution in [0.1, 0.15) is 15.9 Å². The fourth-order valence-electron chi connectivity index (χ4n) is 2.24. The second-order valence-corrected chi connectivity index (χ2v) is 5.18. The van der Waals surface area contributed by atoms with Gasteiger partial charge in [-0.05, 0) is 30.3 Å². The van der Waals surface area contributed by atoms with E-state index in [1.807, 2.05) is 12.1 Å². The van der Waals surface area contributed by atoms with Crippen molar-refractivity contribution in [2.45, 2.75) is 0 Å². The number of methoxy groups -OCH3 is 3. The van der Waals surface area contributed by atoms with E-state index in [0.29, 0.717) is 22.8 Å². The van der Waals surface area contributed by atoms with Gasteiger partial charge in [0.05, 0.1) is 21.3 Å². The summed E-state index contributed by atoms with van der Waals surface area (Å²) in [4.78, 5) is 24.0. The second kappa shape index (κ2) is 9.27. The van der Waals surface area contributed by atoms with Gasteiger partial charge in [0.15, 0.2) is 23.9 Å². The lowest BCUT2D eigenvalue weighted by Crippen LogP contribution is -2.12. The molecule has 2 aromatic carbocycles. The minimum absolute atomic E-state index is 0.343. The van der Waals surface area contributed by atoms with Crippen molar-refractivity contribution in [3.8, 4) is 17.2 Å². The average Bonchev–Trinajstić information content (AvgIpc) is 2.69. The molecule has 0 aliphatic heterocycles. The second-order valence-electron chi connectivity index (χ2n) is 5.18. The first-order valence-electron chi connectivity index (χ1n) is 7.82. The normalized spacial score (nSPS) is 10.4. The van der Waals surface area contributed by atoms with Gasteiger partial charge >= 0.3 is 5.97 Å². The predicted octanol–water partition coefficient (Wildman–Crippen LogP) is 3.15. The van der Waals surface area contributed by atoms with Crippen molar-refractivity contribution in [1.29, 1.82) is 0 Å². The number of benzene rings is 2. The molecule has 0 bridgehead atoms. The van der Waals surface area contributed by atoms with Crippen LogP contribution in [0, 0.1) is 0 Å². The Hall–Kier alpha value is -3.28. The third-order valence-electron chi connectivity index (χ3n) is 3.59. The number of ether oxygens (including phenoxy) is 4. The molecule has 0 aromatic heterocycles. The van der Waals surface area contributed by atoms with Crippen LogP contribution in [0.4, 0.5) is 0 Å².